The minimum Gasteiger partial charge on any atom is -0.382 e. The maximum atomic E-state index is 13.9. The highest BCUT2D eigenvalue weighted by Crippen LogP contribution is 2.26. The van der Waals surface area contributed by atoms with Crippen LogP contribution >= 0.6 is 0 Å². The van der Waals surface area contributed by atoms with Gasteiger partial charge in [0.1, 0.15) is 11.9 Å². The monoisotopic (exact) mass is 278 g/mol. The van der Waals surface area contributed by atoms with Gasteiger partial charge in [-0.25, -0.2) is 4.39 Å². The Hall–Kier alpha value is -2.77. The highest BCUT2D eigenvalue weighted by molar-refractivity contribution is 5.81. The van der Waals surface area contributed by atoms with Crippen molar-refractivity contribution in [2.24, 2.45) is 0 Å². The lowest BCUT2D eigenvalue weighted by Gasteiger charge is -2.12. The molecule has 1 unspecified atom stereocenters. The first-order valence-electron chi connectivity index (χ1n) is 6.41. The van der Waals surface area contributed by atoms with Crippen LogP contribution in [0.1, 0.15) is 22.9 Å². The van der Waals surface area contributed by atoms with Crippen LogP contribution in [-0.2, 0) is 0 Å². The lowest BCUT2D eigenvalue weighted by Crippen LogP contribution is -2.05. The van der Waals surface area contributed by atoms with E-state index < -0.39 is 11.9 Å². The summed E-state index contributed by atoms with van der Waals surface area (Å²) in [6, 6.07) is 15.1. The summed E-state index contributed by atoms with van der Waals surface area (Å²) < 4.78 is 13.9. The van der Waals surface area contributed by atoms with Crippen LogP contribution in [0.2, 0.25) is 0 Å². The molecule has 2 aromatic carbocycles. The second-order valence-corrected chi connectivity index (χ2v) is 4.71. The van der Waals surface area contributed by atoms with Gasteiger partial charge >= 0.3 is 0 Å². The van der Waals surface area contributed by atoms with Gasteiger partial charge in [-0.1, -0.05) is 24.3 Å². The maximum Gasteiger partial charge on any atom is 0.129 e. The summed E-state index contributed by atoms with van der Waals surface area (Å²) >= 11 is 0. The minimum absolute atomic E-state index is 0.0526. The van der Waals surface area contributed by atoms with Crippen LogP contribution in [0.4, 0.5) is 4.39 Å². The summed E-state index contributed by atoms with van der Waals surface area (Å²) in [5, 5.41) is 21.1. The fourth-order valence-corrected chi connectivity index (χ4v) is 2.23. The fourth-order valence-electron chi connectivity index (χ4n) is 2.23. The van der Waals surface area contributed by atoms with Gasteiger partial charge in [-0.3, -0.25) is 4.98 Å². The number of halogens is 1. The van der Waals surface area contributed by atoms with E-state index in [1.165, 1.54) is 18.2 Å². The first-order valence-corrected chi connectivity index (χ1v) is 6.41. The number of pyridine rings is 1. The molecular formula is C17H11FN2O. The van der Waals surface area contributed by atoms with Gasteiger partial charge in [0.05, 0.1) is 17.3 Å². The van der Waals surface area contributed by atoms with Crippen molar-refractivity contribution < 1.29 is 9.50 Å². The number of hydrogen-bond donors (Lipinski definition) is 1. The van der Waals surface area contributed by atoms with Crippen LogP contribution < -0.4 is 0 Å². The minimum atomic E-state index is -1.21. The third-order valence-corrected chi connectivity index (χ3v) is 3.35. The SMILES string of the molecule is N#Cc1ccc(F)c(C(O)c2cc3ccccc3cn2)c1. The third-order valence-electron chi connectivity index (χ3n) is 3.35. The summed E-state index contributed by atoms with van der Waals surface area (Å²) in [4.78, 5) is 4.18. The first-order chi connectivity index (χ1) is 10.2. The average molecular weight is 278 g/mol. The van der Waals surface area contributed by atoms with Gasteiger partial charge < -0.3 is 5.11 Å². The number of rotatable bonds is 2. The quantitative estimate of drug-likeness (QED) is 0.782. The topological polar surface area (TPSA) is 56.9 Å². The molecule has 1 N–H and O–H groups in total. The van der Waals surface area contributed by atoms with Crippen molar-refractivity contribution in [2.45, 2.75) is 6.10 Å². The molecule has 0 radical (unpaired) electrons. The van der Waals surface area contributed by atoms with E-state index in [9.17, 15) is 9.50 Å². The molecule has 0 amide bonds. The van der Waals surface area contributed by atoms with E-state index in [4.69, 9.17) is 5.26 Å². The number of aromatic nitrogens is 1. The number of nitriles is 1. The Kier molecular flexibility index (Phi) is 3.35. The van der Waals surface area contributed by atoms with Crippen LogP contribution in [0.15, 0.2) is 54.7 Å². The van der Waals surface area contributed by atoms with E-state index in [2.05, 4.69) is 4.98 Å². The zero-order valence-electron chi connectivity index (χ0n) is 11.0. The highest BCUT2D eigenvalue weighted by atomic mass is 19.1. The Morgan fingerprint density at radius 1 is 1.10 bits per heavy atom. The van der Waals surface area contributed by atoms with Crippen molar-refractivity contribution in [2.75, 3.05) is 0 Å². The molecule has 0 fully saturated rings. The fraction of sp³-hybridized carbons (Fsp3) is 0.0588. The molecule has 0 aliphatic heterocycles. The van der Waals surface area contributed by atoms with Crippen molar-refractivity contribution >= 4 is 10.8 Å². The molecule has 1 atom stereocenters. The van der Waals surface area contributed by atoms with Gasteiger partial charge in [-0.05, 0) is 29.7 Å². The van der Waals surface area contributed by atoms with E-state index >= 15 is 0 Å². The lowest BCUT2D eigenvalue weighted by molar-refractivity contribution is 0.210. The molecule has 0 bridgehead atoms. The Bertz CT molecular complexity index is 855. The van der Waals surface area contributed by atoms with Crippen LogP contribution in [-0.4, -0.2) is 10.1 Å². The van der Waals surface area contributed by atoms with Crippen LogP contribution in [0.25, 0.3) is 10.8 Å². The second-order valence-electron chi connectivity index (χ2n) is 4.71. The summed E-state index contributed by atoms with van der Waals surface area (Å²) in [7, 11) is 0. The highest BCUT2D eigenvalue weighted by Gasteiger charge is 2.17. The van der Waals surface area contributed by atoms with E-state index in [0.29, 0.717) is 11.3 Å². The zero-order valence-corrected chi connectivity index (χ0v) is 11.0. The predicted octanol–water partition coefficient (Wildman–Crippen LogP) is 3.33. The van der Waals surface area contributed by atoms with Crippen molar-refractivity contribution in [3.8, 4) is 6.07 Å². The van der Waals surface area contributed by atoms with Crippen LogP contribution in [0.3, 0.4) is 0 Å². The standard InChI is InChI=1S/C17H11FN2O/c18-15-6-5-11(9-19)7-14(15)17(21)16-8-12-3-1-2-4-13(12)10-20-16/h1-8,10,17,21H. The smallest absolute Gasteiger partial charge is 0.129 e. The third kappa shape index (κ3) is 2.47. The van der Waals surface area contributed by atoms with E-state index in [1.54, 1.807) is 12.3 Å². The number of aliphatic hydroxyl groups is 1. The molecule has 0 saturated heterocycles. The van der Waals surface area contributed by atoms with Gasteiger partial charge in [0.25, 0.3) is 0 Å². The summed E-state index contributed by atoms with van der Waals surface area (Å²) in [5.41, 5.74) is 0.700. The van der Waals surface area contributed by atoms with Crippen LogP contribution in [0, 0.1) is 17.1 Å². The lowest BCUT2D eigenvalue weighted by atomic mass is 10.0. The number of hydrogen-bond acceptors (Lipinski definition) is 3. The van der Waals surface area contributed by atoms with Crippen LogP contribution in [0.5, 0.6) is 0 Å². The Morgan fingerprint density at radius 3 is 2.62 bits per heavy atom. The first kappa shape index (κ1) is 13.2. The van der Waals surface area contributed by atoms with Crippen molar-refractivity contribution in [3.05, 3.63) is 77.4 Å². The largest absolute Gasteiger partial charge is 0.382 e. The van der Waals surface area contributed by atoms with Gasteiger partial charge in [0, 0.05) is 17.1 Å². The second kappa shape index (κ2) is 5.31. The number of nitrogens with zero attached hydrogens (tertiary/aromatic N) is 2. The summed E-state index contributed by atoms with van der Waals surface area (Å²) in [5.74, 6) is -0.559. The number of aliphatic hydroxyl groups excluding tert-OH is 1. The summed E-state index contributed by atoms with van der Waals surface area (Å²) in [6.07, 6.45) is 0.433. The normalized spacial score (nSPS) is 12.0. The molecule has 21 heavy (non-hydrogen) atoms. The molecule has 4 heteroatoms. The van der Waals surface area contributed by atoms with Gasteiger partial charge in [0.2, 0.25) is 0 Å². The molecule has 0 spiro atoms. The van der Waals surface area contributed by atoms with E-state index in [-0.39, 0.29) is 5.56 Å². The molecule has 3 aromatic rings. The van der Waals surface area contributed by atoms with Crippen molar-refractivity contribution in [3.63, 3.8) is 0 Å². The molecule has 3 rings (SSSR count). The maximum absolute atomic E-state index is 13.9. The Labute approximate surface area is 120 Å². The molecule has 0 aliphatic rings. The van der Waals surface area contributed by atoms with E-state index in [1.807, 2.05) is 30.3 Å². The van der Waals surface area contributed by atoms with E-state index in [0.717, 1.165) is 10.8 Å². The molecule has 0 saturated carbocycles. The molecule has 3 nitrogen and oxygen atoms in total. The van der Waals surface area contributed by atoms with Gasteiger partial charge in [-0.15, -0.1) is 0 Å². The zero-order chi connectivity index (χ0) is 14.8. The number of fused-ring (bicyclic) bond motifs is 1. The molecular weight excluding hydrogens is 267 g/mol. The molecule has 102 valence electrons. The molecule has 1 aromatic heterocycles. The molecule has 1 heterocycles. The van der Waals surface area contributed by atoms with Gasteiger partial charge in [-0.2, -0.15) is 5.26 Å². The number of benzene rings is 2. The average Bonchev–Trinajstić information content (AvgIpc) is 2.54. The summed E-state index contributed by atoms with van der Waals surface area (Å²) in [6.45, 7) is 0. The Morgan fingerprint density at radius 2 is 1.86 bits per heavy atom. The van der Waals surface area contributed by atoms with Gasteiger partial charge in [0.15, 0.2) is 0 Å². The van der Waals surface area contributed by atoms with Crippen molar-refractivity contribution in [1.82, 2.24) is 4.98 Å². The molecule has 0 aliphatic carbocycles. The van der Waals surface area contributed by atoms with Crippen molar-refractivity contribution in [1.29, 1.82) is 5.26 Å². The Balaban J connectivity index is 2.08. The predicted molar refractivity (Wildman–Crippen MR) is 76.9 cm³/mol.